The molecule has 0 aliphatic heterocycles. The summed E-state index contributed by atoms with van der Waals surface area (Å²) in [5.41, 5.74) is 0. The molecular formula is C11H20N4. The van der Waals surface area contributed by atoms with Crippen molar-refractivity contribution in [3.8, 4) is 0 Å². The smallest absolute Gasteiger partial charge is 0.224 e. The average Bonchev–Trinajstić information content (AvgIpc) is 2.24. The summed E-state index contributed by atoms with van der Waals surface area (Å²) < 4.78 is 0. The zero-order valence-corrected chi connectivity index (χ0v) is 9.75. The number of nitrogens with one attached hydrogen (secondary N) is 2. The van der Waals surface area contributed by atoms with E-state index in [1.54, 1.807) is 6.20 Å². The predicted molar refractivity (Wildman–Crippen MR) is 64.1 cm³/mol. The Labute approximate surface area is 91.5 Å². The van der Waals surface area contributed by atoms with Gasteiger partial charge in [0.1, 0.15) is 5.82 Å². The first-order valence-corrected chi connectivity index (χ1v) is 5.47. The number of nitrogens with zero attached hydrogens (tertiary/aromatic N) is 2. The zero-order valence-electron chi connectivity index (χ0n) is 9.75. The molecule has 4 heteroatoms. The molecule has 0 fully saturated rings. The van der Waals surface area contributed by atoms with Crippen molar-refractivity contribution in [2.75, 3.05) is 24.2 Å². The summed E-state index contributed by atoms with van der Waals surface area (Å²) in [6.07, 6.45) is 4.18. The minimum absolute atomic E-state index is 0.656. The van der Waals surface area contributed by atoms with Crippen LogP contribution in [0.1, 0.15) is 26.7 Å². The highest BCUT2D eigenvalue weighted by atomic mass is 15.1. The molecular weight excluding hydrogens is 188 g/mol. The normalized spacial score (nSPS) is 10.4. The summed E-state index contributed by atoms with van der Waals surface area (Å²) in [6, 6.07) is 1.89. The molecule has 0 radical (unpaired) electrons. The Bertz CT molecular complexity index is 286. The molecule has 15 heavy (non-hydrogen) atoms. The van der Waals surface area contributed by atoms with Crippen LogP contribution in [-0.2, 0) is 0 Å². The van der Waals surface area contributed by atoms with Crippen molar-refractivity contribution in [3.05, 3.63) is 12.3 Å². The minimum atomic E-state index is 0.656. The Morgan fingerprint density at radius 1 is 1.40 bits per heavy atom. The third-order valence-electron chi connectivity index (χ3n) is 2.14. The van der Waals surface area contributed by atoms with Crippen LogP contribution in [0, 0.1) is 5.92 Å². The summed E-state index contributed by atoms with van der Waals surface area (Å²) in [4.78, 5) is 8.33. The molecule has 1 heterocycles. The average molecular weight is 208 g/mol. The number of anilines is 2. The van der Waals surface area contributed by atoms with E-state index in [1.807, 2.05) is 13.1 Å². The second-order valence-corrected chi connectivity index (χ2v) is 3.98. The summed E-state index contributed by atoms with van der Waals surface area (Å²) in [6.45, 7) is 5.45. The van der Waals surface area contributed by atoms with Crippen LogP contribution in [0.15, 0.2) is 12.3 Å². The van der Waals surface area contributed by atoms with E-state index >= 15 is 0 Å². The van der Waals surface area contributed by atoms with Gasteiger partial charge in [0.15, 0.2) is 0 Å². The highest BCUT2D eigenvalue weighted by Crippen LogP contribution is 2.07. The maximum Gasteiger partial charge on any atom is 0.224 e. The zero-order chi connectivity index (χ0) is 11.1. The first-order chi connectivity index (χ1) is 7.22. The number of hydrogen-bond donors (Lipinski definition) is 2. The molecule has 0 atom stereocenters. The highest BCUT2D eigenvalue weighted by Gasteiger charge is 1.97. The Morgan fingerprint density at radius 2 is 2.20 bits per heavy atom. The summed E-state index contributed by atoms with van der Waals surface area (Å²) in [5, 5.41) is 6.20. The van der Waals surface area contributed by atoms with Crippen LogP contribution in [0.3, 0.4) is 0 Å². The van der Waals surface area contributed by atoms with Crippen LogP contribution in [0.2, 0.25) is 0 Å². The first-order valence-electron chi connectivity index (χ1n) is 5.47. The van der Waals surface area contributed by atoms with Gasteiger partial charge in [0, 0.05) is 19.8 Å². The number of rotatable bonds is 6. The molecule has 0 bridgehead atoms. The first kappa shape index (κ1) is 11.8. The molecule has 0 aliphatic carbocycles. The van der Waals surface area contributed by atoms with Gasteiger partial charge in [0.25, 0.3) is 0 Å². The molecule has 0 saturated heterocycles. The number of hydrogen-bond acceptors (Lipinski definition) is 4. The molecule has 1 rings (SSSR count). The Kier molecular flexibility index (Phi) is 4.87. The van der Waals surface area contributed by atoms with Gasteiger partial charge in [-0.15, -0.1) is 0 Å². The van der Waals surface area contributed by atoms with Gasteiger partial charge in [0.2, 0.25) is 5.95 Å². The fourth-order valence-electron chi connectivity index (χ4n) is 1.30. The predicted octanol–water partition coefficient (Wildman–Crippen LogP) is 2.37. The van der Waals surface area contributed by atoms with Crippen molar-refractivity contribution < 1.29 is 0 Å². The largest absolute Gasteiger partial charge is 0.370 e. The Hall–Kier alpha value is -1.32. The van der Waals surface area contributed by atoms with Crippen molar-refractivity contribution in [2.45, 2.75) is 26.7 Å². The van der Waals surface area contributed by atoms with E-state index in [4.69, 9.17) is 0 Å². The lowest BCUT2D eigenvalue weighted by atomic mass is 10.1. The van der Waals surface area contributed by atoms with Crippen LogP contribution in [0.5, 0.6) is 0 Å². The lowest BCUT2D eigenvalue weighted by Crippen LogP contribution is -2.06. The molecule has 4 nitrogen and oxygen atoms in total. The van der Waals surface area contributed by atoms with Crippen LogP contribution >= 0.6 is 0 Å². The molecule has 0 aromatic carbocycles. The quantitative estimate of drug-likeness (QED) is 0.705. The van der Waals surface area contributed by atoms with Gasteiger partial charge in [-0.25, -0.2) is 4.98 Å². The van der Waals surface area contributed by atoms with Crippen LogP contribution in [0.25, 0.3) is 0 Å². The van der Waals surface area contributed by atoms with Gasteiger partial charge in [-0.1, -0.05) is 13.8 Å². The third-order valence-corrected chi connectivity index (χ3v) is 2.14. The minimum Gasteiger partial charge on any atom is -0.370 e. The van der Waals surface area contributed by atoms with E-state index in [2.05, 4.69) is 34.4 Å². The molecule has 0 saturated carbocycles. The van der Waals surface area contributed by atoms with E-state index in [1.165, 1.54) is 12.8 Å². The molecule has 2 N–H and O–H groups in total. The molecule has 0 amide bonds. The van der Waals surface area contributed by atoms with Gasteiger partial charge < -0.3 is 10.6 Å². The second-order valence-electron chi connectivity index (χ2n) is 3.98. The van der Waals surface area contributed by atoms with E-state index in [0.29, 0.717) is 5.95 Å². The standard InChI is InChI=1S/C11H20N4/c1-9(2)5-4-7-13-10-6-8-14-11(12-3)15-10/h6,8-9H,4-5,7H2,1-3H3,(H2,12,13,14,15). The number of aromatic nitrogens is 2. The summed E-state index contributed by atoms with van der Waals surface area (Å²) >= 11 is 0. The van der Waals surface area contributed by atoms with Crippen LogP contribution in [0.4, 0.5) is 11.8 Å². The molecule has 1 aromatic rings. The van der Waals surface area contributed by atoms with E-state index in [-0.39, 0.29) is 0 Å². The molecule has 1 aromatic heterocycles. The fourth-order valence-corrected chi connectivity index (χ4v) is 1.30. The van der Waals surface area contributed by atoms with Gasteiger partial charge in [-0.2, -0.15) is 4.98 Å². The van der Waals surface area contributed by atoms with E-state index in [0.717, 1.165) is 18.3 Å². The van der Waals surface area contributed by atoms with Crippen LogP contribution in [-0.4, -0.2) is 23.6 Å². The summed E-state index contributed by atoms with van der Waals surface area (Å²) in [7, 11) is 1.82. The van der Waals surface area contributed by atoms with Gasteiger partial charge in [0.05, 0.1) is 0 Å². The van der Waals surface area contributed by atoms with Gasteiger partial charge in [-0.3, -0.25) is 0 Å². The maximum atomic E-state index is 4.27. The monoisotopic (exact) mass is 208 g/mol. The maximum absolute atomic E-state index is 4.27. The van der Waals surface area contributed by atoms with Crippen LogP contribution < -0.4 is 10.6 Å². The van der Waals surface area contributed by atoms with Gasteiger partial charge >= 0.3 is 0 Å². The van der Waals surface area contributed by atoms with Crippen molar-refractivity contribution in [1.29, 1.82) is 0 Å². The SMILES string of the molecule is CNc1nccc(NCCCC(C)C)n1. The second kappa shape index (κ2) is 6.22. The molecule has 0 unspecified atom stereocenters. The van der Waals surface area contributed by atoms with Crippen molar-refractivity contribution >= 4 is 11.8 Å². The van der Waals surface area contributed by atoms with E-state index in [9.17, 15) is 0 Å². The lowest BCUT2D eigenvalue weighted by Gasteiger charge is -2.07. The topological polar surface area (TPSA) is 49.8 Å². The molecule has 0 spiro atoms. The summed E-state index contributed by atoms with van der Waals surface area (Å²) in [5.74, 6) is 2.31. The van der Waals surface area contributed by atoms with E-state index < -0.39 is 0 Å². The third kappa shape index (κ3) is 4.63. The van der Waals surface area contributed by atoms with Gasteiger partial charge in [-0.05, 0) is 24.8 Å². The Morgan fingerprint density at radius 3 is 2.87 bits per heavy atom. The highest BCUT2D eigenvalue weighted by molar-refractivity contribution is 5.38. The fraction of sp³-hybridized carbons (Fsp3) is 0.636. The van der Waals surface area contributed by atoms with Crippen molar-refractivity contribution in [1.82, 2.24) is 9.97 Å². The lowest BCUT2D eigenvalue weighted by molar-refractivity contribution is 0.566. The Balaban J connectivity index is 2.30. The van der Waals surface area contributed by atoms with Crippen molar-refractivity contribution in [3.63, 3.8) is 0 Å². The molecule has 84 valence electrons. The van der Waals surface area contributed by atoms with Crippen molar-refractivity contribution in [2.24, 2.45) is 5.92 Å². The molecule has 0 aliphatic rings.